The van der Waals surface area contributed by atoms with Gasteiger partial charge in [-0.3, -0.25) is 0 Å². The van der Waals surface area contributed by atoms with Crippen molar-refractivity contribution in [2.24, 2.45) is 0 Å². The molecule has 1 heterocycles. The van der Waals surface area contributed by atoms with Gasteiger partial charge in [0.25, 0.3) is 0 Å². The molecule has 15 heavy (non-hydrogen) atoms. The normalized spacial score (nSPS) is 10.6. The summed E-state index contributed by atoms with van der Waals surface area (Å²) in [4.78, 5) is 0. The van der Waals surface area contributed by atoms with Crippen LogP contribution >= 0.6 is 0 Å². The van der Waals surface area contributed by atoms with Crippen molar-refractivity contribution in [3.05, 3.63) is 41.1 Å². The van der Waals surface area contributed by atoms with E-state index in [1.807, 2.05) is 25.1 Å². The molecule has 0 amide bonds. The predicted octanol–water partition coefficient (Wildman–Crippen LogP) is 2.45. The molecule has 0 saturated carbocycles. The van der Waals surface area contributed by atoms with E-state index in [-0.39, 0.29) is 6.61 Å². The molecule has 1 aromatic carbocycles. The Morgan fingerprint density at radius 3 is 2.73 bits per heavy atom. The second kappa shape index (κ2) is 3.87. The fourth-order valence-corrected chi connectivity index (χ4v) is 1.49. The Hall–Kier alpha value is -1.61. The molecule has 0 bridgehead atoms. The van der Waals surface area contributed by atoms with Gasteiger partial charge in [0.05, 0.1) is 12.8 Å². The number of aliphatic hydroxyl groups excluding tert-OH is 1. The van der Waals surface area contributed by atoms with Crippen LogP contribution in [0.3, 0.4) is 0 Å². The highest BCUT2D eigenvalue weighted by Gasteiger charge is 2.10. The van der Waals surface area contributed by atoms with E-state index in [0.717, 1.165) is 11.1 Å². The summed E-state index contributed by atoms with van der Waals surface area (Å²) in [7, 11) is 0. The summed E-state index contributed by atoms with van der Waals surface area (Å²) in [6, 6.07) is 6.05. The van der Waals surface area contributed by atoms with Crippen LogP contribution in [0, 0.1) is 13.8 Å². The zero-order chi connectivity index (χ0) is 10.8. The van der Waals surface area contributed by atoms with Gasteiger partial charge in [-0.15, -0.1) is 0 Å². The van der Waals surface area contributed by atoms with Crippen LogP contribution in [0.15, 0.2) is 28.9 Å². The van der Waals surface area contributed by atoms with Crippen LogP contribution in [0.5, 0.6) is 0 Å². The van der Waals surface area contributed by atoms with E-state index in [1.165, 1.54) is 11.1 Å². The minimum atomic E-state index is -0.0498. The minimum absolute atomic E-state index is 0.0498. The van der Waals surface area contributed by atoms with Crippen LogP contribution in [-0.2, 0) is 6.61 Å². The molecule has 0 saturated heterocycles. The molecule has 0 atom stereocenters. The molecule has 0 radical (unpaired) electrons. The molecule has 0 spiro atoms. The zero-order valence-corrected chi connectivity index (χ0v) is 8.82. The fourth-order valence-electron chi connectivity index (χ4n) is 1.49. The highest BCUT2D eigenvalue weighted by Crippen LogP contribution is 2.25. The van der Waals surface area contributed by atoms with Gasteiger partial charge < -0.3 is 9.63 Å². The molecule has 1 N–H and O–H groups in total. The smallest absolute Gasteiger partial charge is 0.172 e. The Kier molecular flexibility index (Phi) is 2.56. The van der Waals surface area contributed by atoms with Gasteiger partial charge in [-0.25, -0.2) is 0 Å². The summed E-state index contributed by atoms with van der Waals surface area (Å²) in [5, 5.41) is 12.8. The quantitative estimate of drug-likeness (QED) is 0.815. The van der Waals surface area contributed by atoms with Crippen molar-refractivity contribution in [2.45, 2.75) is 20.5 Å². The number of hydrogen-bond acceptors (Lipinski definition) is 3. The number of hydrogen-bond donors (Lipinski definition) is 1. The van der Waals surface area contributed by atoms with E-state index < -0.39 is 0 Å². The Morgan fingerprint density at radius 1 is 1.27 bits per heavy atom. The fraction of sp³-hybridized carbons (Fsp3) is 0.250. The molecule has 0 aliphatic carbocycles. The molecule has 0 aliphatic heterocycles. The highest BCUT2D eigenvalue weighted by molar-refractivity contribution is 5.62. The van der Waals surface area contributed by atoms with Gasteiger partial charge >= 0.3 is 0 Å². The second-order valence-corrected chi connectivity index (χ2v) is 3.64. The standard InChI is InChI=1S/C12H13NO2/c1-8-3-4-10(5-9(8)2)12-11(7-14)6-13-15-12/h3-6,14H,7H2,1-2H3. The lowest BCUT2D eigenvalue weighted by atomic mass is 10.0. The summed E-state index contributed by atoms with van der Waals surface area (Å²) in [6.45, 7) is 4.06. The summed E-state index contributed by atoms with van der Waals surface area (Å²) >= 11 is 0. The number of nitrogens with zero attached hydrogens (tertiary/aromatic N) is 1. The van der Waals surface area contributed by atoms with E-state index in [2.05, 4.69) is 12.1 Å². The molecule has 1 aromatic heterocycles. The lowest BCUT2D eigenvalue weighted by Gasteiger charge is -2.03. The molecular weight excluding hydrogens is 190 g/mol. The Morgan fingerprint density at radius 2 is 2.07 bits per heavy atom. The monoisotopic (exact) mass is 203 g/mol. The van der Waals surface area contributed by atoms with E-state index in [9.17, 15) is 0 Å². The van der Waals surface area contributed by atoms with Crippen molar-refractivity contribution in [2.75, 3.05) is 0 Å². The summed E-state index contributed by atoms with van der Waals surface area (Å²) in [5.41, 5.74) is 4.12. The summed E-state index contributed by atoms with van der Waals surface area (Å²) in [5.74, 6) is 0.653. The first kappa shape index (κ1) is 9.93. The third-order valence-electron chi connectivity index (χ3n) is 2.58. The molecule has 78 valence electrons. The van der Waals surface area contributed by atoms with Crippen molar-refractivity contribution >= 4 is 0 Å². The topological polar surface area (TPSA) is 46.3 Å². The van der Waals surface area contributed by atoms with Crippen LogP contribution in [0.4, 0.5) is 0 Å². The Bertz CT molecular complexity index is 474. The maximum absolute atomic E-state index is 9.09. The van der Waals surface area contributed by atoms with E-state index in [4.69, 9.17) is 9.63 Å². The lowest BCUT2D eigenvalue weighted by Crippen LogP contribution is -1.86. The first-order valence-corrected chi connectivity index (χ1v) is 4.84. The third-order valence-corrected chi connectivity index (χ3v) is 2.58. The molecule has 0 fully saturated rings. The van der Waals surface area contributed by atoms with E-state index in [1.54, 1.807) is 6.20 Å². The number of aromatic nitrogens is 1. The average molecular weight is 203 g/mol. The first-order chi connectivity index (χ1) is 7.22. The number of benzene rings is 1. The zero-order valence-electron chi connectivity index (χ0n) is 8.82. The summed E-state index contributed by atoms with van der Waals surface area (Å²) in [6.07, 6.45) is 1.55. The number of aryl methyl sites for hydroxylation is 2. The van der Waals surface area contributed by atoms with E-state index >= 15 is 0 Å². The van der Waals surface area contributed by atoms with Crippen LogP contribution in [0.1, 0.15) is 16.7 Å². The van der Waals surface area contributed by atoms with Gasteiger partial charge in [-0.2, -0.15) is 0 Å². The molecule has 2 rings (SSSR count). The SMILES string of the molecule is Cc1ccc(-c2oncc2CO)cc1C. The van der Waals surface area contributed by atoms with Gasteiger partial charge in [0.1, 0.15) is 0 Å². The van der Waals surface area contributed by atoms with Crippen LogP contribution in [0.25, 0.3) is 11.3 Å². The van der Waals surface area contributed by atoms with Gasteiger partial charge in [0, 0.05) is 11.1 Å². The van der Waals surface area contributed by atoms with Crippen molar-refractivity contribution in [3.63, 3.8) is 0 Å². The number of aliphatic hydroxyl groups is 1. The maximum Gasteiger partial charge on any atom is 0.172 e. The third kappa shape index (κ3) is 1.78. The number of rotatable bonds is 2. The second-order valence-electron chi connectivity index (χ2n) is 3.64. The molecular formula is C12H13NO2. The van der Waals surface area contributed by atoms with Gasteiger partial charge in [0.15, 0.2) is 5.76 Å². The highest BCUT2D eigenvalue weighted by atomic mass is 16.5. The van der Waals surface area contributed by atoms with Gasteiger partial charge in [-0.05, 0) is 31.0 Å². The summed E-state index contributed by atoms with van der Waals surface area (Å²) < 4.78 is 5.13. The van der Waals surface area contributed by atoms with Crippen molar-refractivity contribution in [1.82, 2.24) is 5.16 Å². The van der Waals surface area contributed by atoms with Crippen LogP contribution < -0.4 is 0 Å². The maximum atomic E-state index is 9.09. The van der Waals surface area contributed by atoms with Crippen LogP contribution in [-0.4, -0.2) is 10.3 Å². The molecule has 0 aliphatic rings. The van der Waals surface area contributed by atoms with Gasteiger partial charge in [0.2, 0.25) is 0 Å². The van der Waals surface area contributed by atoms with Gasteiger partial charge in [-0.1, -0.05) is 17.3 Å². The molecule has 2 aromatic rings. The lowest BCUT2D eigenvalue weighted by molar-refractivity contribution is 0.281. The minimum Gasteiger partial charge on any atom is -0.391 e. The Balaban J connectivity index is 2.50. The molecule has 0 unspecified atom stereocenters. The van der Waals surface area contributed by atoms with Crippen molar-refractivity contribution < 1.29 is 9.63 Å². The van der Waals surface area contributed by atoms with Crippen molar-refractivity contribution in [1.29, 1.82) is 0 Å². The van der Waals surface area contributed by atoms with Crippen molar-refractivity contribution in [3.8, 4) is 11.3 Å². The first-order valence-electron chi connectivity index (χ1n) is 4.84. The van der Waals surface area contributed by atoms with E-state index in [0.29, 0.717) is 5.76 Å². The van der Waals surface area contributed by atoms with Crippen LogP contribution in [0.2, 0.25) is 0 Å². The molecule has 3 heteroatoms. The average Bonchev–Trinajstić information content (AvgIpc) is 2.70. The predicted molar refractivity (Wildman–Crippen MR) is 57.3 cm³/mol. The largest absolute Gasteiger partial charge is 0.391 e. The Labute approximate surface area is 88.3 Å². The molecule has 3 nitrogen and oxygen atoms in total.